The van der Waals surface area contributed by atoms with Crippen molar-refractivity contribution in [3.05, 3.63) is 11.6 Å². The Morgan fingerprint density at radius 2 is 2.32 bits per heavy atom. The predicted octanol–water partition coefficient (Wildman–Crippen LogP) is 1.26. The van der Waals surface area contributed by atoms with Gasteiger partial charge in [0.2, 0.25) is 5.91 Å². The molecule has 2 aliphatic rings. The summed E-state index contributed by atoms with van der Waals surface area (Å²) in [5, 5.41) is 4.10. The smallest absolute Gasteiger partial charge is 0.222 e. The average Bonchev–Trinajstić information content (AvgIpc) is 2.75. The van der Waals surface area contributed by atoms with Crippen molar-refractivity contribution >= 4 is 11.6 Å². The molecule has 0 aromatic rings. The van der Waals surface area contributed by atoms with Crippen LogP contribution in [0.5, 0.6) is 0 Å². The zero-order valence-corrected chi connectivity index (χ0v) is 11.9. The van der Waals surface area contributed by atoms with Crippen LogP contribution >= 0.6 is 0 Å². The minimum absolute atomic E-state index is 0.235. The summed E-state index contributed by atoms with van der Waals surface area (Å²) >= 11 is 0. The molecule has 1 saturated heterocycles. The Morgan fingerprint density at radius 3 is 2.95 bits per heavy atom. The van der Waals surface area contributed by atoms with E-state index in [9.17, 15) is 4.79 Å². The monoisotopic (exact) mass is 265 g/mol. The van der Waals surface area contributed by atoms with Gasteiger partial charge in [0.25, 0.3) is 0 Å². The van der Waals surface area contributed by atoms with Crippen molar-refractivity contribution in [2.75, 3.05) is 40.3 Å². The van der Waals surface area contributed by atoms with Crippen molar-refractivity contribution in [1.82, 2.24) is 9.80 Å². The number of carbonyl (C=O) groups excluding carboxylic acids is 1. The first-order chi connectivity index (χ1) is 9.19. The largest absolute Gasteiger partial charge is 0.399 e. The highest BCUT2D eigenvalue weighted by atomic mass is 16.6. The van der Waals surface area contributed by atoms with Gasteiger partial charge < -0.3 is 14.6 Å². The summed E-state index contributed by atoms with van der Waals surface area (Å²) in [6, 6.07) is 0. The number of likely N-dealkylation sites (N-methyl/N-ethyl adjacent to an activating group) is 1. The molecule has 19 heavy (non-hydrogen) atoms. The van der Waals surface area contributed by atoms with Crippen LogP contribution in [-0.2, 0) is 9.63 Å². The van der Waals surface area contributed by atoms with Gasteiger partial charge in [0.05, 0.1) is 12.3 Å². The van der Waals surface area contributed by atoms with Crippen molar-refractivity contribution in [2.24, 2.45) is 5.16 Å². The van der Waals surface area contributed by atoms with Crippen LogP contribution in [0.2, 0.25) is 0 Å². The van der Waals surface area contributed by atoms with E-state index >= 15 is 0 Å². The molecule has 0 aromatic carbocycles. The lowest BCUT2D eigenvalue weighted by Crippen LogP contribution is -2.32. The molecule has 5 nitrogen and oxygen atoms in total. The summed E-state index contributed by atoms with van der Waals surface area (Å²) in [6.07, 6.45) is 5.82. The number of likely N-dealkylation sites (tertiary alicyclic amines) is 1. The van der Waals surface area contributed by atoms with Crippen molar-refractivity contribution in [3.63, 3.8) is 0 Å². The van der Waals surface area contributed by atoms with Crippen LogP contribution in [0.3, 0.4) is 0 Å². The molecular weight excluding hydrogens is 242 g/mol. The number of nitrogens with zero attached hydrogens (tertiary/aromatic N) is 3. The maximum Gasteiger partial charge on any atom is 0.222 e. The normalized spacial score (nSPS) is 21.8. The maximum atomic E-state index is 11.7. The Balaban J connectivity index is 1.94. The first-order valence-corrected chi connectivity index (χ1v) is 6.92. The molecule has 5 heteroatoms. The predicted molar refractivity (Wildman–Crippen MR) is 75.1 cm³/mol. The molecule has 0 unspecified atom stereocenters. The van der Waals surface area contributed by atoms with Crippen LogP contribution in [0.15, 0.2) is 16.8 Å². The minimum Gasteiger partial charge on any atom is -0.399 e. The number of oxime groups is 1. The maximum absolute atomic E-state index is 11.7. The van der Waals surface area contributed by atoms with E-state index in [1.54, 1.807) is 7.11 Å². The van der Waals surface area contributed by atoms with Crippen molar-refractivity contribution < 1.29 is 9.63 Å². The standard InChI is InChI=1S/C14H23N3O2/c1-16-7-3-5-12(10-16)9-13(15-19-2)11-17-8-4-6-14(17)18/h5H,3-4,6-11H2,1-2H3. The summed E-state index contributed by atoms with van der Waals surface area (Å²) in [6.45, 7) is 3.55. The van der Waals surface area contributed by atoms with E-state index in [1.807, 2.05) is 4.90 Å². The lowest BCUT2D eigenvalue weighted by Gasteiger charge is -2.24. The van der Waals surface area contributed by atoms with Gasteiger partial charge in [-0.1, -0.05) is 16.8 Å². The summed E-state index contributed by atoms with van der Waals surface area (Å²) < 4.78 is 0. The fraction of sp³-hybridized carbons (Fsp3) is 0.714. The Labute approximate surface area is 114 Å². The number of hydrogen-bond acceptors (Lipinski definition) is 4. The molecule has 0 spiro atoms. The quantitative estimate of drug-likeness (QED) is 0.427. The van der Waals surface area contributed by atoms with E-state index in [0.717, 1.165) is 44.6 Å². The number of hydrogen-bond donors (Lipinski definition) is 0. The van der Waals surface area contributed by atoms with Crippen LogP contribution in [0.25, 0.3) is 0 Å². The zero-order valence-electron chi connectivity index (χ0n) is 11.9. The minimum atomic E-state index is 0.235. The topological polar surface area (TPSA) is 45.1 Å². The molecule has 2 heterocycles. The molecular formula is C14H23N3O2. The second kappa shape index (κ2) is 6.70. The molecule has 1 fully saturated rings. The molecule has 0 aromatic heterocycles. The third kappa shape index (κ3) is 4.06. The van der Waals surface area contributed by atoms with Crippen molar-refractivity contribution in [2.45, 2.75) is 25.7 Å². The number of rotatable bonds is 5. The first-order valence-electron chi connectivity index (χ1n) is 6.92. The lowest BCUT2D eigenvalue weighted by atomic mass is 10.0. The summed E-state index contributed by atoms with van der Waals surface area (Å²) in [7, 11) is 3.69. The van der Waals surface area contributed by atoms with Crippen LogP contribution in [0.1, 0.15) is 25.7 Å². The van der Waals surface area contributed by atoms with Gasteiger partial charge in [-0.2, -0.15) is 0 Å². The van der Waals surface area contributed by atoms with E-state index in [4.69, 9.17) is 4.84 Å². The van der Waals surface area contributed by atoms with Gasteiger partial charge in [-0.3, -0.25) is 4.79 Å². The highest BCUT2D eigenvalue weighted by Crippen LogP contribution is 2.15. The van der Waals surface area contributed by atoms with Gasteiger partial charge in [0.1, 0.15) is 7.11 Å². The molecule has 0 radical (unpaired) electrons. The molecule has 106 valence electrons. The molecule has 0 bridgehead atoms. The highest BCUT2D eigenvalue weighted by Gasteiger charge is 2.22. The molecule has 0 N–H and O–H groups in total. The molecule has 0 atom stereocenters. The first kappa shape index (κ1) is 14.1. The van der Waals surface area contributed by atoms with E-state index in [1.165, 1.54) is 5.57 Å². The molecule has 1 amide bonds. The Bertz CT molecular complexity index is 390. The number of amides is 1. The second-order valence-corrected chi connectivity index (χ2v) is 5.32. The van der Waals surface area contributed by atoms with Crippen LogP contribution < -0.4 is 0 Å². The van der Waals surface area contributed by atoms with Crippen LogP contribution in [0, 0.1) is 0 Å². The van der Waals surface area contributed by atoms with E-state index in [-0.39, 0.29) is 5.91 Å². The van der Waals surface area contributed by atoms with Gasteiger partial charge in [-0.25, -0.2) is 0 Å². The molecule has 0 saturated carbocycles. The molecule has 0 aliphatic carbocycles. The van der Waals surface area contributed by atoms with Gasteiger partial charge in [-0.15, -0.1) is 0 Å². The SMILES string of the molecule is CON=C(CC1=CCCN(C)C1)CN1CCCC1=O. The van der Waals surface area contributed by atoms with Gasteiger partial charge in [0, 0.05) is 32.5 Å². The average molecular weight is 265 g/mol. The second-order valence-electron chi connectivity index (χ2n) is 5.32. The van der Waals surface area contributed by atoms with Crippen molar-refractivity contribution in [3.8, 4) is 0 Å². The van der Waals surface area contributed by atoms with Crippen LogP contribution in [0.4, 0.5) is 0 Å². The third-order valence-corrected chi connectivity index (χ3v) is 3.61. The van der Waals surface area contributed by atoms with Gasteiger partial charge >= 0.3 is 0 Å². The third-order valence-electron chi connectivity index (χ3n) is 3.61. The van der Waals surface area contributed by atoms with E-state index in [0.29, 0.717) is 13.0 Å². The van der Waals surface area contributed by atoms with E-state index in [2.05, 4.69) is 23.2 Å². The van der Waals surface area contributed by atoms with Crippen LogP contribution in [-0.4, -0.2) is 61.8 Å². The Morgan fingerprint density at radius 1 is 1.47 bits per heavy atom. The number of carbonyl (C=O) groups is 1. The van der Waals surface area contributed by atoms with Crippen molar-refractivity contribution in [1.29, 1.82) is 0 Å². The van der Waals surface area contributed by atoms with E-state index < -0.39 is 0 Å². The Hall–Kier alpha value is -1.36. The highest BCUT2D eigenvalue weighted by molar-refractivity contribution is 5.91. The molecule has 2 aliphatic heterocycles. The van der Waals surface area contributed by atoms with Gasteiger partial charge in [-0.05, 0) is 19.9 Å². The Kier molecular flexibility index (Phi) is 4.96. The zero-order chi connectivity index (χ0) is 13.7. The lowest BCUT2D eigenvalue weighted by molar-refractivity contribution is -0.127. The summed E-state index contributed by atoms with van der Waals surface area (Å²) in [5.74, 6) is 0.235. The van der Waals surface area contributed by atoms with Gasteiger partial charge in [0.15, 0.2) is 0 Å². The summed E-state index contributed by atoms with van der Waals surface area (Å²) in [5.41, 5.74) is 2.32. The fourth-order valence-electron chi connectivity index (χ4n) is 2.71. The fourth-order valence-corrected chi connectivity index (χ4v) is 2.71. The summed E-state index contributed by atoms with van der Waals surface area (Å²) in [4.78, 5) is 20.8. The molecule has 2 rings (SSSR count).